The van der Waals surface area contributed by atoms with E-state index in [0.29, 0.717) is 18.0 Å². The number of para-hydroxylation sites is 1. The SMILES string of the molecule is CC1OC1CCc1ccccc1O. The van der Waals surface area contributed by atoms with E-state index in [4.69, 9.17) is 4.74 Å². The maximum absolute atomic E-state index is 9.47. The molecule has 0 aliphatic carbocycles. The number of rotatable bonds is 3. The van der Waals surface area contributed by atoms with Gasteiger partial charge >= 0.3 is 0 Å². The Kier molecular flexibility index (Phi) is 2.23. The van der Waals surface area contributed by atoms with Crippen molar-refractivity contribution in [1.29, 1.82) is 0 Å². The highest BCUT2D eigenvalue weighted by molar-refractivity contribution is 5.31. The van der Waals surface area contributed by atoms with Crippen LogP contribution in [0.4, 0.5) is 0 Å². The Labute approximate surface area is 78.2 Å². The van der Waals surface area contributed by atoms with Crippen molar-refractivity contribution in [2.45, 2.75) is 32.0 Å². The molecule has 2 nitrogen and oxygen atoms in total. The molecule has 0 spiro atoms. The standard InChI is InChI=1S/C11H14O2/c1-8-11(13-8)7-6-9-4-2-3-5-10(9)12/h2-5,8,11-12H,6-7H2,1H3. The van der Waals surface area contributed by atoms with Crippen LogP contribution in [0, 0.1) is 0 Å². The van der Waals surface area contributed by atoms with Gasteiger partial charge < -0.3 is 9.84 Å². The minimum Gasteiger partial charge on any atom is -0.508 e. The van der Waals surface area contributed by atoms with Crippen molar-refractivity contribution in [2.24, 2.45) is 0 Å². The van der Waals surface area contributed by atoms with Crippen molar-refractivity contribution in [3.63, 3.8) is 0 Å². The molecule has 0 bridgehead atoms. The fourth-order valence-corrected chi connectivity index (χ4v) is 1.55. The molecule has 0 saturated carbocycles. The Balaban J connectivity index is 1.90. The fraction of sp³-hybridized carbons (Fsp3) is 0.455. The first-order valence-electron chi connectivity index (χ1n) is 4.69. The second kappa shape index (κ2) is 3.38. The summed E-state index contributed by atoms with van der Waals surface area (Å²) in [5.74, 6) is 0.399. The van der Waals surface area contributed by atoms with Crippen molar-refractivity contribution in [1.82, 2.24) is 0 Å². The van der Waals surface area contributed by atoms with E-state index in [0.717, 1.165) is 18.4 Å². The number of aryl methyl sites for hydroxylation is 1. The Bertz CT molecular complexity index is 296. The molecule has 1 aliphatic heterocycles. The Morgan fingerprint density at radius 2 is 2.08 bits per heavy atom. The normalized spacial score (nSPS) is 25.9. The topological polar surface area (TPSA) is 32.8 Å². The van der Waals surface area contributed by atoms with Gasteiger partial charge in [-0.2, -0.15) is 0 Å². The molecule has 0 aromatic heterocycles. The zero-order valence-electron chi connectivity index (χ0n) is 7.73. The number of epoxide rings is 1. The summed E-state index contributed by atoms with van der Waals surface area (Å²) in [6.07, 6.45) is 2.76. The second-order valence-electron chi connectivity index (χ2n) is 3.55. The molecule has 2 atom stereocenters. The van der Waals surface area contributed by atoms with Gasteiger partial charge in [0.05, 0.1) is 12.2 Å². The Hall–Kier alpha value is -1.02. The number of hydrogen-bond acceptors (Lipinski definition) is 2. The van der Waals surface area contributed by atoms with Crippen molar-refractivity contribution >= 4 is 0 Å². The van der Waals surface area contributed by atoms with Gasteiger partial charge in [-0.05, 0) is 31.4 Å². The molecule has 1 N–H and O–H groups in total. The highest BCUT2D eigenvalue weighted by Crippen LogP contribution is 2.27. The first-order chi connectivity index (χ1) is 6.27. The smallest absolute Gasteiger partial charge is 0.118 e. The van der Waals surface area contributed by atoms with E-state index >= 15 is 0 Å². The Morgan fingerprint density at radius 1 is 1.38 bits per heavy atom. The van der Waals surface area contributed by atoms with E-state index < -0.39 is 0 Å². The molecule has 1 saturated heterocycles. The fourth-order valence-electron chi connectivity index (χ4n) is 1.55. The van der Waals surface area contributed by atoms with Gasteiger partial charge in [0.15, 0.2) is 0 Å². The molecule has 13 heavy (non-hydrogen) atoms. The van der Waals surface area contributed by atoms with Crippen LogP contribution < -0.4 is 0 Å². The zero-order valence-corrected chi connectivity index (χ0v) is 7.73. The maximum Gasteiger partial charge on any atom is 0.118 e. The van der Waals surface area contributed by atoms with Crippen LogP contribution in [-0.2, 0) is 11.2 Å². The Morgan fingerprint density at radius 3 is 2.69 bits per heavy atom. The maximum atomic E-state index is 9.47. The van der Waals surface area contributed by atoms with Gasteiger partial charge in [-0.3, -0.25) is 0 Å². The number of benzene rings is 1. The van der Waals surface area contributed by atoms with Crippen LogP contribution in [0.5, 0.6) is 5.75 Å². The monoisotopic (exact) mass is 178 g/mol. The van der Waals surface area contributed by atoms with E-state index in [9.17, 15) is 5.11 Å². The lowest BCUT2D eigenvalue weighted by molar-refractivity contribution is 0.369. The van der Waals surface area contributed by atoms with Gasteiger partial charge in [0.25, 0.3) is 0 Å². The highest BCUT2D eigenvalue weighted by atomic mass is 16.6. The van der Waals surface area contributed by atoms with Gasteiger partial charge in [0.2, 0.25) is 0 Å². The summed E-state index contributed by atoms with van der Waals surface area (Å²) in [7, 11) is 0. The molecule has 0 radical (unpaired) electrons. The molecular formula is C11H14O2. The summed E-state index contributed by atoms with van der Waals surface area (Å²) in [5, 5.41) is 9.47. The zero-order chi connectivity index (χ0) is 9.26. The van der Waals surface area contributed by atoms with Crippen LogP contribution in [0.3, 0.4) is 0 Å². The van der Waals surface area contributed by atoms with Crippen molar-refractivity contribution in [3.8, 4) is 5.75 Å². The van der Waals surface area contributed by atoms with Gasteiger partial charge in [-0.25, -0.2) is 0 Å². The number of phenolic OH excluding ortho intramolecular Hbond substituents is 1. The predicted molar refractivity (Wildman–Crippen MR) is 50.8 cm³/mol. The number of aromatic hydroxyl groups is 1. The van der Waals surface area contributed by atoms with E-state index in [2.05, 4.69) is 6.92 Å². The molecule has 1 aliphatic rings. The third kappa shape index (κ3) is 2.01. The van der Waals surface area contributed by atoms with Crippen molar-refractivity contribution in [3.05, 3.63) is 29.8 Å². The van der Waals surface area contributed by atoms with Crippen molar-refractivity contribution in [2.75, 3.05) is 0 Å². The summed E-state index contributed by atoms with van der Waals surface area (Å²) in [5.41, 5.74) is 1.02. The molecule has 1 fully saturated rings. The molecule has 1 aromatic carbocycles. The number of hydrogen-bond donors (Lipinski definition) is 1. The predicted octanol–water partition coefficient (Wildman–Crippen LogP) is 2.11. The third-order valence-corrected chi connectivity index (χ3v) is 2.53. The van der Waals surface area contributed by atoms with E-state index in [1.807, 2.05) is 18.2 Å². The molecule has 70 valence electrons. The molecule has 1 aromatic rings. The third-order valence-electron chi connectivity index (χ3n) is 2.53. The van der Waals surface area contributed by atoms with E-state index in [-0.39, 0.29) is 0 Å². The molecule has 1 heterocycles. The summed E-state index contributed by atoms with van der Waals surface area (Å²) in [6, 6.07) is 7.48. The quantitative estimate of drug-likeness (QED) is 0.719. The van der Waals surface area contributed by atoms with Gasteiger partial charge in [-0.15, -0.1) is 0 Å². The van der Waals surface area contributed by atoms with E-state index in [1.165, 1.54) is 0 Å². The first-order valence-corrected chi connectivity index (χ1v) is 4.69. The number of ether oxygens (including phenoxy) is 1. The van der Waals surface area contributed by atoms with Crippen LogP contribution in [0.25, 0.3) is 0 Å². The number of phenols is 1. The largest absolute Gasteiger partial charge is 0.508 e. The molecule has 2 unspecified atom stereocenters. The highest BCUT2D eigenvalue weighted by Gasteiger charge is 2.33. The lowest BCUT2D eigenvalue weighted by Crippen LogP contribution is -1.93. The van der Waals surface area contributed by atoms with Crippen LogP contribution in [-0.4, -0.2) is 17.3 Å². The average Bonchev–Trinajstić information content (AvgIpc) is 2.81. The lowest BCUT2D eigenvalue weighted by atomic mass is 10.1. The minimum absolute atomic E-state index is 0.399. The van der Waals surface area contributed by atoms with E-state index in [1.54, 1.807) is 6.07 Å². The second-order valence-corrected chi connectivity index (χ2v) is 3.55. The molecule has 2 heteroatoms. The van der Waals surface area contributed by atoms with Crippen LogP contribution in [0.1, 0.15) is 18.9 Å². The summed E-state index contributed by atoms with van der Waals surface area (Å²) in [6.45, 7) is 2.08. The van der Waals surface area contributed by atoms with Gasteiger partial charge in [-0.1, -0.05) is 18.2 Å². The molecule has 0 amide bonds. The van der Waals surface area contributed by atoms with Gasteiger partial charge in [0, 0.05) is 0 Å². The average molecular weight is 178 g/mol. The van der Waals surface area contributed by atoms with Gasteiger partial charge in [0.1, 0.15) is 5.75 Å². The van der Waals surface area contributed by atoms with Crippen LogP contribution in [0.15, 0.2) is 24.3 Å². The lowest BCUT2D eigenvalue weighted by Gasteiger charge is -2.01. The summed E-state index contributed by atoms with van der Waals surface area (Å²) in [4.78, 5) is 0. The first kappa shape index (κ1) is 8.57. The summed E-state index contributed by atoms with van der Waals surface area (Å²) < 4.78 is 5.30. The summed E-state index contributed by atoms with van der Waals surface area (Å²) >= 11 is 0. The van der Waals surface area contributed by atoms with Crippen LogP contribution in [0.2, 0.25) is 0 Å². The van der Waals surface area contributed by atoms with Crippen LogP contribution >= 0.6 is 0 Å². The molecular weight excluding hydrogens is 164 g/mol. The minimum atomic E-state index is 0.399. The van der Waals surface area contributed by atoms with Crippen molar-refractivity contribution < 1.29 is 9.84 Å². The molecule has 2 rings (SSSR count).